The lowest BCUT2D eigenvalue weighted by Crippen LogP contribution is -2.31. The fourth-order valence-corrected chi connectivity index (χ4v) is 2.93. The number of aliphatic carboxylic acids is 1. The predicted octanol–water partition coefficient (Wildman–Crippen LogP) is 1.38. The molecule has 0 aliphatic carbocycles. The normalized spacial score (nSPS) is 23.1. The Hall–Kier alpha value is -1.85. The molecule has 0 amide bonds. The molecule has 6 nitrogen and oxygen atoms in total. The summed E-state index contributed by atoms with van der Waals surface area (Å²) in [6.07, 6.45) is 6.14. The van der Waals surface area contributed by atoms with Crippen molar-refractivity contribution in [3.05, 3.63) is 12.3 Å². The summed E-state index contributed by atoms with van der Waals surface area (Å²) in [4.78, 5) is 24.3. The molecule has 0 radical (unpaired) electrons. The number of carboxylic acids is 1. The maximum absolute atomic E-state index is 11.0. The van der Waals surface area contributed by atoms with Gasteiger partial charge in [0.25, 0.3) is 0 Å². The summed E-state index contributed by atoms with van der Waals surface area (Å²) in [5.41, 5.74) is 0. The molecule has 1 unspecified atom stereocenters. The summed E-state index contributed by atoms with van der Waals surface area (Å²) in [7, 11) is 0. The van der Waals surface area contributed by atoms with E-state index < -0.39 is 5.97 Å². The van der Waals surface area contributed by atoms with Crippen LogP contribution >= 0.6 is 0 Å². The van der Waals surface area contributed by atoms with Crippen molar-refractivity contribution < 1.29 is 9.90 Å². The van der Waals surface area contributed by atoms with Crippen LogP contribution in [0.4, 0.5) is 11.8 Å². The Morgan fingerprint density at radius 3 is 2.70 bits per heavy atom. The molecule has 2 fully saturated rings. The molecule has 0 spiro atoms. The molecule has 1 N–H and O–H groups in total. The highest BCUT2D eigenvalue weighted by Gasteiger charge is 2.29. The van der Waals surface area contributed by atoms with Gasteiger partial charge in [0.15, 0.2) is 0 Å². The van der Waals surface area contributed by atoms with Gasteiger partial charge < -0.3 is 14.9 Å². The number of nitrogens with zero attached hydrogens (tertiary/aromatic N) is 4. The highest BCUT2D eigenvalue weighted by atomic mass is 16.4. The Morgan fingerprint density at radius 1 is 1.20 bits per heavy atom. The van der Waals surface area contributed by atoms with E-state index in [1.54, 1.807) is 6.20 Å². The number of piperidine rings is 1. The van der Waals surface area contributed by atoms with Crippen LogP contribution in [0, 0.1) is 5.92 Å². The number of carboxylic acid groups (broad SMARTS) is 1. The smallest absolute Gasteiger partial charge is 0.308 e. The lowest BCUT2D eigenvalue weighted by atomic mass is 10.1. The fraction of sp³-hybridized carbons (Fsp3) is 0.643. The Bertz CT molecular complexity index is 488. The first-order valence-electron chi connectivity index (χ1n) is 7.30. The summed E-state index contributed by atoms with van der Waals surface area (Å²) in [5.74, 6) is 0.645. The third-order valence-corrected chi connectivity index (χ3v) is 4.13. The van der Waals surface area contributed by atoms with E-state index in [4.69, 9.17) is 5.11 Å². The topological polar surface area (TPSA) is 69.6 Å². The first-order chi connectivity index (χ1) is 9.74. The van der Waals surface area contributed by atoms with Gasteiger partial charge in [0.05, 0.1) is 5.92 Å². The molecule has 1 aromatic rings. The first-order valence-corrected chi connectivity index (χ1v) is 7.30. The Balaban J connectivity index is 1.73. The fourth-order valence-electron chi connectivity index (χ4n) is 2.93. The van der Waals surface area contributed by atoms with Crippen molar-refractivity contribution in [1.82, 2.24) is 9.97 Å². The van der Waals surface area contributed by atoms with Gasteiger partial charge in [0.2, 0.25) is 5.95 Å². The van der Waals surface area contributed by atoms with Gasteiger partial charge in [-0.15, -0.1) is 0 Å². The van der Waals surface area contributed by atoms with Crippen LogP contribution in [-0.4, -0.2) is 47.2 Å². The molecule has 3 heterocycles. The van der Waals surface area contributed by atoms with Crippen LogP contribution in [-0.2, 0) is 4.79 Å². The highest BCUT2D eigenvalue weighted by molar-refractivity contribution is 5.71. The number of hydrogen-bond donors (Lipinski definition) is 1. The van der Waals surface area contributed by atoms with E-state index in [1.165, 1.54) is 19.3 Å². The minimum atomic E-state index is -0.710. The molecule has 2 aliphatic heterocycles. The van der Waals surface area contributed by atoms with E-state index in [-0.39, 0.29) is 5.92 Å². The third kappa shape index (κ3) is 2.69. The molecular weight excluding hydrogens is 256 g/mol. The van der Waals surface area contributed by atoms with Crippen LogP contribution in [0.15, 0.2) is 12.3 Å². The van der Waals surface area contributed by atoms with Crippen LogP contribution in [0.2, 0.25) is 0 Å². The highest BCUT2D eigenvalue weighted by Crippen LogP contribution is 2.24. The monoisotopic (exact) mass is 276 g/mol. The van der Waals surface area contributed by atoms with Gasteiger partial charge in [0, 0.05) is 32.4 Å². The zero-order valence-corrected chi connectivity index (χ0v) is 11.5. The minimum Gasteiger partial charge on any atom is -0.481 e. The number of anilines is 2. The summed E-state index contributed by atoms with van der Waals surface area (Å²) in [5, 5.41) is 9.07. The van der Waals surface area contributed by atoms with Crippen LogP contribution in [0.1, 0.15) is 25.7 Å². The van der Waals surface area contributed by atoms with Crippen LogP contribution < -0.4 is 9.80 Å². The molecule has 108 valence electrons. The van der Waals surface area contributed by atoms with Gasteiger partial charge in [0.1, 0.15) is 5.82 Å². The molecule has 3 rings (SSSR count). The van der Waals surface area contributed by atoms with Gasteiger partial charge in [-0.3, -0.25) is 4.79 Å². The molecule has 6 heteroatoms. The van der Waals surface area contributed by atoms with Gasteiger partial charge in [-0.2, -0.15) is 4.98 Å². The molecule has 1 atom stereocenters. The van der Waals surface area contributed by atoms with Crippen LogP contribution in [0.5, 0.6) is 0 Å². The van der Waals surface area contributed by atoms with Crippen molar-refractivity contribution in [3.8, 4) is 0 Å². The second-order valence-electron chi connectivity index (χ2n) is 5.53. The van der Waals surface area contributed by atoms with Gasteiger partial charge >= 0.3 is 5.97 Å². The van der Waals surface area contributed by atoms with E-state index in [2.05, 4.69) is 14.9 Å². The van der Waals surface area contributed by atoms with E-state index in [9.17, 15) is 4.79 Å². The van der Waals surface area contributed by atoms with E-state index in [0.29, 0.717) is 13.0 Å². The number of rotatable bonds is 3. The summed E-state index contributed by atoms with van der Waals surface area (Å²) in [6, 6.07) is 1.87. The average Bonchev–Trinajstić information content (AvgIpc) is 2.98. The zero-order valence-electron chi connectivity index (χ0n) is 11.5. The lowest BCUT2D eigenvalue weighted by Gasteiger charge is -2.27. The Labute approximate surface area is 118 Å². The van der Waals surface area contributed by atoms with Gasteiger partial charge in [-0.25, -0.2) is 4.98 Å². The van der Waals surface area contributed by atoms with E-state index in [0.717, 1.165) is 31.4 Å². The van der Waals surface area contributed by atoms with Gasteiger partial charge in [-0.1, -0.05) is 0 Å². The second kappa shape index (κ2) is 5.64. The molecule has 2 saturated heterocycles. The largest absolute Gasteiger partial charge is 0.481 e. The second-order valence-corrected chi connectivity index (χ2v) is 5.53. The predicted molar refractivity (Wildman–Crippen MR) is 76.1 cm³/mol. The summed E-state index contributed by atoms with van der Waals surface area (Å²) < 4.78 is 0. The van der Waals surface area contributed by atoms with Crippen molar-refractivity contribution in [2.75, 3.05) is 36.0 Å². The van der Waals surface area contributed by atoms with Gasteiger partial charge in [-0.05, 0) is 31.7 Å². The number of hydrogen-bond acceptors (Lipinski definition) is 5. The number of carbonyl (C=O) groups is 1. The first kappa shape index (κ1) is 13.1. The molecule has 1 aromatic heterocycles. The van der Waals surface area contributed by atoms with Crippen LogP contribution in [0.3, 0.4) is 0 Å². The van der Waals surface area contributed by atoms with Crippen molar-refractivity contribution in [2.45, 2.75) is 25.7 Å². The van der Waals surface area contributed by atoms with E-state index in [1.807, 2.05) is 11.0 Å². The molecule has 0 bridgehead atoms. The maximum atomic E-state index is 11.0. The SMILES string of the molecule is O=C(O)C1CCN(c2ccnc(N3CCCCC3)n2)C1. The quantitative estimate of drug-likeness (QED) is 0.899. The standard InChI is InChI=1S/C14H20N4O2/c19-13(20)11-5-9-18(10-11)12-4-6-15-14(16-12)17-7-2-1-3-8-17/h4,6,11H,1-3,5,7-10H2,(H,19,20). The van der Waals surface area contributed by atoms with E-state index >= 15 is 0 Å². The molecule has 20 heavy (non-hydrogen) atoms. The molecular formula is C14H20N4O2. The number of aromatic nitrogens is 2. The minimum absolute atomic E-state index is 0.275. The average molecular weight is 276 g/mol. The third-order valence-electron chi connectivity index (χ3n) is 4.13. The Kier molecular flexibility index (Phi) is 3.71. The lowest BCUT2D eigenvalue weighted by molar-refractivity contribution is -0.140. The molecule has 0 aromatic carbocycles. The molecule has 2 aliphatic rings. The van der Waals surface area contributed by atoms with Crippen molar-refractivity contribution in [3.63, 3.8) is 0 Å². The van der Waals surface area contributed by atoms with Crippen molar-refractivity contribution >= 4 is 17.7 Å². The van der Waals surface area contributed by atoms with Crippen molar-refractivity contribution in [2.24, 2.45) is 5.92 Å². The zero-order chi connectivity index (χ0) is 13.9. The maximum Gasteiger partial charge on any atom is 0.308 e. The summed E-state index contributed by atoms with van der Waals surface area (Å²) in [6.45, 7) is 3.33. The Morgan fingerprint density at radius 2 is 2.00 bits per heavy atom. The van der Waals surface area contributed by atoms with Crippen molar-refractivity contribution in [1.29, 1.82) is 0 Å². The molecule has 0 saturated carbocycles. The van der Waals surface area contributed by atoms with Crippen LogP contribution in [0.25, 0.3) is 0 Å². The summed E-state index contributed by atoms with van der Waals surface area (Å²) >= 11 is 0.